The number of halogens is 1. The minimum atomic E-state index is -0.0395. The molecule has 3 rings (SSSR count). The number of fused-ring (bicyclic) bond motifs is 1. The van der Waals surface area contributed by atoms with Crippen LogP contribution in [-0.2, 0) is 6.42 Å². The van der Waals surface area contributed by atoms with Gasteiger partial charge in [-0.1, -0.05) is 19.1 Å². The predicted octanol–water partition coefficient (Wildman–Crippen LogP) is 4.66. The van der Waals surface area contributed by atoms with E-state index in [9.17, 15) is 4.79 Å². The Balaban J connectivity index is 2.19. The van der Waals surface area contributed by atoms with Gasteiger partial charge in [-0.05, 0) is 58.2 Å². The van der Waals surface area contributed by atoms with Crippen molar-refractivity contribution in [2.45, 2.75) is 13.3 Å². The number of aryl methyl sites for hydroxylation is 1. The van der Waals surface area contributed by atoms with Gasteiger partial charge in [0.15, 0.2) is 0 Å². The molecule has 0 amide bonds. The highest BCUT2D eigenvalue weighted by atomic mass is 79.9. The Hall–Kier alpha value is -2.07. The predicted molar refractivity (Wildman–Crippen MR) is 91.7 cm³/mol. The third-order valence-corrected chi connectivity index (χ3v) is 4.49. The van der Waals surface area contributed by atoms with Gasteiger partial charge in [-0.2, -0.15) is 0 Å². The van der Waals surface area contributed by atoms with E-state index in [0.29, 0.717) is 5.56 Å². The van der Waals surface area contributed by atoms with E-state index in [-0.39, 0.29) is 5.91 Å². The number of hydrogen-bond acceptors (Lipinski definition) is 2. The molecule has 0 saturated carbocycles. The molecule has 112 valence electrons. The van der Waals surface area contributed by atoms with Crippen LogP contribution in [0.1, 0.15) is 22.8 Å². The lowest BCUT2D eigenvalue weighted by Gasteiger charge is -2.06. The molecule has 0 unspecified atom stereocenters. The largest absolute Gasteiger partial charge is 0.497 e. The van der Waals surface area contributed by atoms with Gasteiger partial charge in [-0.15, -0.1) is 0 Å². The zero-order chi connectivity index (χ0) is 15.7. The lowest BCUT2D eigenvalue weighted by Crippen LogP contribution is -2.11. The van der Waals surface area contributed by atoms with Gasteiger partial charge in [0.25, 0.3) is 5.91 Å². The van der Waals surface area contributed by atoms with Crippen LogP contribution in [0.25, 0.3) is 10.9 Å². The Bertz CT molecular complexity index is 851. The number of ether oxygens (including phenoxy) is 1. The van der Waals surface area contributed by atoms with Crippen LogP contribution in [0, 0.1) is 0 Å². The lowest BCUT2D eigenvalue weighted by molar-refractivity contribution is 0.0964. The van der Waals surface area contributed by atoms with Crippen LogP contribution in [0.4, 0.5) is 0 Å². The highest BCUT2D eigenvalue weighted by Gasteiger charge is 2.16. The van der Waals surface area contributed by atoms with Crippen LogP contribution in [0.3, 0.4) is 0 Å². The van der Waals surface area contributed by atoms with E-state index < -0.39 is 0 Å². The molecule has 0 fully saturated rings. The number of nitrogens with zero attached hydrogens (tertiary/aromatic N) is 1. The van der Waals surface area contributed by atoms with E-state index in [1.54, 1.807) is 11.7 Å². The van der Waals surface area contributed by atoms with Crippen LogP contribution in [-0.4, -0.2) is 17.6 Å². The van der Waals surface area contributed by atoms with Crippen molar-refractivity contribution in [1.82, 2.24) is 4.57 Å². The van der Waals surface area contributed by atoms with Gasteiger partial charge in [0.2, 0.25) is 0 Å². The summed E-state index contributed by atoms with van der Waals surface area (Å²) >= 11 is 3.45. The number of aromatic nitrogens is 1. The van der Waals surface area contributed by atoms with Crippen molar-refractivity contribution in [2.75, 3.05) is 7.11 Å². The van der Waals surface area contributed by atoms with Gasteiger partial charge in [0.05, 0.1) is 18.2 Å². The maximum Gasteiger partial charge on any atom is 0.263 e. The van der Waals surface area contributed by atoms with Crippen molar-refractivity contribution < 1.29 is 9.53 Å². The second-order valence-corrected chi connectivity index (χ2v) is 5.90. The number of carbonyl (C=O) groups is 1. The molecule has 0 bridgehead atoms. The zero-order valence-electron chi connectivity index (χ0n) is 12.5. The number of carbonyl (C=O) groups excluding carboxylic acids is 1. The van der Waals surface area contributed by atoms with E-state index in [4.69, 9.17) is 4.74 Å². The number of rotatable bonds is 3. The first-order valence-electron chi connectivity index (χ1n) is 7.13. The Morgan fingerprint density at radius 1 is 1.23 bits per heavy atom. The second kappa shape index (κ2) is 5.97. The SMILES string of the molecule is CCc1cn(C(=O)c2ccccc2Br)c2ccc(OC)cc12. The van der Waals surface area contributed by atoms with Gasteiger partial charge in [0, 0.05) is 16.1 Å². The molecular formula is C18H16BrNO2. The molecule has 1 heterocycles. The minimum Gasteiger partial charge on any atom is -0.497 e. The molecule has 22 heavy (non-hydrogen) atoms. The highest BCUT2D eigenvalue weighted by molar-refractivity contribution is 9.10. The average Bonchev–Trinajstić information content (AvgIpc) is 2.92. The fourth-order valence-corrected chi connectivity index (χ4v) is 3.07. The fourth-order valence-electron chi connectivity index (χ4n) is 2.62. The van der Waals surface area contributed by atoms with Gasteiger partial charge < -0.3 is 4.74 Å². The monoisotopic (exact) mass is 357 g/mol. The number of methoxy groups -OCH3 is 1. The summed E-state index contributed by atoms with van der Waals surface area (Å²) in [6.45, 7) is 2.08. The van der Waals surface area contributed by atoms with Crippen molar-refractivity contribution >= 4 is 32.7 Å². The molecular weight excluding hydrogens is 342 g/mol. The Labute approximate surface area is 137 Å². The minimum absolute atomic E-state index is 0.0395. The molecule has 3 aromatic rings. The van der Waals surface area contributed by atoms with Crippen molar-refractivity contribution in [2.24, 2.45) is 0 Å². The molecule has 0 radical (unpaired) electrons. The van der Waals surface area contributed by atoms with E-state index in [1.807, 2.05) is 48.7 Å². The lowest BCUT2D eigenvalue weighted by atomic mass is 10.1. The zero-order valence-corrected chi connectivity index (χ0v) is 14.1. The smallest absolute Gasteiger partial charge is 0.263 e. The van der Waals surface area contributed by atoms with Crippen molar-refractivity contribution in [3.63, 3.8) is 0 Å². The maximum absolute atomic E-state index is 12.9. The Morgan fingerprint density at radius 3 is 2.68 bits per heavy atom. The van der Waals surface area contributed by atoms with Crippen molar-refractivity contribution in [3.05, 3.63) is 64.3 Å². The van der Waals surface area contributed by atoms with E-state index in [0.717, 1.165) is 33.1 Å². The fraction of sp³-hybridized carbons (Fsp3) is 0.167. The first-order chi connectivity index (χ1) is 10.7. The molecule has 0 aliphatic heterocycles. The highest BCUT2D eigenvalue weighted by Crippen LogP contribution is 2.28. The molecule has 3 nitrogen and oxygen atoms in total. The van der Waals surface area contributed by atoms with Crippen LogP contribution in [0.15, 0.2) is 53.1 Å². The summed E-state index contributed by atoms with van der Waals surface area (Å²) in [7, 11) is 1.65. The van der Waals surface area contributed by atoms with Crippen LogP contribution >= 0.6 is 15.9 Å². The van der Waals surface area contributed by atoms with Gasteiger partial charge in [-0.3, -0.25) is 9.36 Å². The van der Waals surface area contributed by atoms with E-state index >= 15 is 0 Å². The molecule has 1 aromatic heterocycles. The molecule has 0 saturated heterocycles. The third-order valence-electron chi connectivity index (χ3n) is 3.80. The van der Waals surface area contributed by atoms with Crippen LogP contribution < -0.4 is 4.74 Å². The first-order valence-corrected chi connectivity index (χ1v) is 7.92. The summed E-state index contributed by atoms with van der Waals surface area (Å²) < 4.78 is 7.81. The Morgan fingerprint density at radius 2 is 2.00 bits per heavy atom. The van der Waals surface area contributed by atoms with E-state index in [1.165, 1.54) is 0 Å². The third kappa shape index (κ3) is 2.44. The molecule has 0 aliphatic rings. The van der Waals surface area contributed by atoms with Crippen LogP contribution in [0.2, 0.25) is 0 Å². The van der Waals surface area contributed by atoms with Gasteiger partial charge >= 0.3 is 0 Å². The maximum atomic E-state index is 12.9. The summed E-state index contributed by atoms with van der Waals surface area (Å²) in [6, 6.07) is 13.3. The average molecular weight is 358 g/mol. The molecule has 4 heteroatoms. The molecule has 0 atom stereocenters. The van der Waals surface area contributed by atoms with Crippen LogP contribution in [0.5, 0.6) is 5.75 Å². The second-order valence-electron chi connectivity index (χ2n) is 5.05. The summed E-state index contributed by atoms with van der Waals surface area (Å²) in [5.74, 6) is 0.760. The normalized spacial score (nSPS) is 10.9. The molecule has 0 spiro atoms. The molecule has 0 aliphatic carbocycles. The summed E-state index contributed by atoms with van der Waals surface area (Å²) in [4.78, 5) is 12.9. The molecule has 0 N–H and O–H groups in total. The first kappa shape index (κ1) is 14.9. The summed E-state index contributed by atoms with van der Waals surface area (Å²) in [5.41, 5.74) is 2.69. The quantitative estimate of drug-likeness (QED) is 0.682. The van der Waals surface area contributed by atoms with Gasteiger partial charge in [0.1, 0.15) is 5.75 Å². The standard InChI is InChI=1S/C18H16BrNO2/c1-3-12-11-20(17-9-8-13(22-2)10-15(12)17)18(21)14-6-4-5-7-16(14)19/h4-11H,3H2,1-2H3. The molecule has 2 aromatic carbocycles. The number of hydrogen-bond donors (Lipinski definition) is 0. The summed E-state index contributed by atoms with van der Waals surface area (Å²) in [5, 5.41) is 1.06. The topological polar surface area (TPSA) is 31.2 Å². The van der Waals surface area contributed by atoms with E-state index in [2.05, 4.69) is 22.9 Å². The van der Waals surface area contributed by atoms with Crippen molar-refractivity contribution in [1.29, 1.82) is 0 Å². The van der Waals surface area contributed by atoms with Gasteiger partial charge in [-0.25, -0.2) is 0 Å². The summed E-state index contributed by atoms with van der Waals surface area (Å²) in [6.07, 6.45) is 2.78. The number of benzene rings is 2. The van der Waals surface area contributed by atoms with Crippen molar-refractivity contribution in [3.8, 4) is 5.75 Å². The Kier molecular flexibility index (Phi) is 4.03.